The maximum atomic E-state index is 13.7. The molecule has 2 fully saturated rings. The number of amides is 1. The summed E-state index contributed by atoms with van der Waals surface area (Å²) in [5.41, 5.74) is 2.98. The number of ether oxygens (including phenoxy) is 2. The average molecular weight is 556 g/mol. The fourth-order valence-corrected chi connectivity index (χ4v) is 6.33. The van der Waals surface area contributed by atoms with Crippen LogP contribution in [0.5, 0.6) is 5.75 Å². The quantitative estimate of drug-likeness (QED) is 0.472. The first-order valence-electron chi connectivity index (χ1n) is 13.9. The van der Waals surface area contributed by atoms with Gasteiger partial charge in [-0.25, -0.2) is 14.1 Å². The molecule has 2 aliphatic carbocycles. The van der Waals surface area contributed by atoms with E-state index in [0.29, 0.717) is 42.4 Å². The van der Waals surface area contributed by atoms with Crippen LogP contribution in [0.3, 0.4) is 0 Å². The molecule has 1 N–H and O–H groups in total. The van der Waals surface area contributed by atoms with Gasteiger partial charge >= 0.3 is 6.61 Å². The third-order valence-electron chi connectivity index (χ3n) is 8.23. The first kappa shape index (κ1) is 26.8. The van der Waals surface area contributed by atoms with Crippen LogP contribution in [-0.4, -0.2) is 70.6 Å². The number of carbonyl (C=O) groups excluding carboxylic acids is 1. The van der Waals surface area contributed by atoms with Gasteiger partial charge in [0.2, 0.25) is 5.91 Å². The Hall–Kier alpha value is -3.44. The van der Waals surface area contributed by atoms with Crippen LogP contribution in [0.1, 0.15) is 36.9 Å². The maximum Gasteiger partial charge on any atom is 0.387 e. The van der Waals surface area contributed by atoms with E-state index in [2.05, 4.69) is 19.9 Å². The summed E-state index contributed by atoms with van der Waals surface area (Å²) in [7, 11) is 0. The molecule has 0 bridgehead atoms. The molecule has 1 amide bonds. The van der Waals surface area contributed by atoms with E-state index >= 15 is 0 Å². The third kappa shape index (κ3) is 5.57. The van der Waals surface area contributed by atoms with Crippen molar-refractivity contribution >= 4 is 5.91 Å². The molecule has 1 saturated heterocycles. The number of fused-ring (bicyclic) bond motifs is 1. The number of carbonyl (C=O) groups is 1. The summed E-state index contributed by atoms with van der Waals surface area (Å²) in [6, 6.07) is 9.72. The van der Waals surface area contributed by atoms with Crippen molar-refractivity contribution in [2.75, 3.05) is 26.3 Å². The molecule has 0 spiro atoms. The molecule has 3 heterocycles. The van der Waals surface area contributed by atoms with Gasteiger partial charge in [-0.2, -0.15) is 13.9 Å². The number of alkyl halides is 2. The maximum absolute atomic E-state index is 13.7. The molecule has 40 heavy (non-hydrogen) atoms. The Kier molecular flexibility index (Phi) is 7.75. The molecule has 11 heteroatoms. The third-order valence-corrected chi connectivity index (χ3v) is 8.23. The lowest BCUT2D eigenvalue weighted by Crippen LogP contribution is -2.53. The molecule has 3 aliphatic rings. The van der Waals surface area contributed by atoms with Gasteiger partial charge in [0, 0.05) is 48.6 Å². The Labute approximate surface area is 230 Å². The molecule has 1 saturated carbocycles. The molecule has 1 aromatic carbocycles. The van der Waals surface area contributed by atoms with Gasteiger partial charge in [-0.1, -0.05) is 12.1 Å². The normalized spacial score (nSPS) is 23.2. The van der Waals surface area contributed by atoms with Crippen LogP contribution in [0, 0.1) is 11.7 Å². The molecule has 212 valence electrons. The van der Waals surface area contributed by atoms with Crippen LogP contribution in [0.2, 0.25) is 0 Å². The molecular formula is C29H32F3N5O3. The van der Waals surface area contributed by atoms with E-state index in [4.69, 9.17) is 9.84 Å². The summed E-state index contributed by atoms with van der Waals surface area (Å²) in [4.78, 5) is 20.2. The van der Waals surface area contributed by atoms with E-state index in [1.165, 1.54) is 24.3 Å². The molecule has 1 aliphatic heterocycles. The summed E-state index contributed by atoms with van der Waals surface area (Å²) in [6.45, 7) is 0.291. The minimum Gasteiger partial charge on any atom is -0.435 e. The molecular weight excluding hydrogens is 523 g/mol. The van der Waals surface area contributed by atoms with Crippen LogP contribution < -0.4 is 10.1 Å². The van der Waals surface area contributed by atoms with Gasteiger partial charge in [0.1, 0.15) is 11.6 Å². The first-order chi connectivity index (χ1) is 19.5. The lowest BCUT2D eigenvalue weighted by atomic mass is 9.85. The van der Waals surface area contributed by atoms with Crippen molar-refractivity contribution in [3.63, 3.8) is 0 Å². The smallest absolute Gasteiger partial charge is 0.387 e. The van der Waals surface area contributed by atoms with Gasteiger partial charge < -0.3 is 14.8 Å². The fraction of sp³-hybridized carbons (Fsp3) is 0.483. The summed E-state index contributed by atoms with van der Waals surface area (Å²) in [5.74, 6) is -0.228. The van der Waals surface area contributed by atoms with Crippen LogP contribution >= 0.6 is 0 Å². The molecule has 3 aromatic rings. The summed E-state index contributed by atoms with van der Waals surface area (Å²) in [6.07, 6.45) is 5.90. The lowest BCUT2D eigenvalue weighted by Gasteiger charge is -2.36. The minimum atomic E-state index is -2.94. The largest absolute Gasteiger partial charge is 0.435 e. The predicted octanol–water partition coefficient (Wildman–Crippen LogP) is 4.15. The number of nitrogens with zero attached hydrogens (tertiary/aromatic N) is 4. The number of benzene rings is 1. The Morgan fingerprint density at radius 1 is 1.12 bits per heavy atom. The van der Waals surface area contributed by atoms with E-state index in [-0.39, 0.29) is 23.6 Å². The van der Waals surface area contributed by atoms with Crippen LogP contribution in [0.15, 0.2) is 42.6 Å². The topological polar surface area (TPSA) is 81.5 Å². The zero-order chi connectivity index (χ0) is 27.6. The monoisotopic (exact) mass is 555 g/mol. The molecule has 3 atom stereocenters. The van der Waals surface area contributed by atoms with Crippen LogP contribution in [0.4, 0.5) is 13.2 Å². The van der Waals surface area contributed by atoms with Crippen molar-refractivity contribution in [2.24, 2.45) is 5.92 Å². The molecule has 6 rings (SSSR count). The summed E-state index contributed by atoms with van der Waals surface area (Å²) >= 11 is 0. The Balaban J connectivity index is 1.27. The van der Waals surface area contributed by atoms with E-state index in [1.54, 1.807) is 16.8 Å². The minimum absolute atomic E-state index is 0.0319. The number of nitrogens with one attached hydrogen (secondary N) is 1. The lowest BCUT2D eigenvalue weighted by molar-refractivity contribution is -0.126. The second-order valence-corrected chi connectivity index (χ2v) is 10.6. The van der Waals surface area contributed by atoms with Crippen LogP contribution in [-0.2, 0) is 22.4 Å². The second kappa shape index (κ2) is 11.6. The van der Waals surface area contributed by atoms with E-state index in [9.17, 15) is 18.0 Å². The predicted molar refractivity (Wildman–Crippen MR) is 141 cm³/mol. The zero-order valence-electron chi connectivity index (χ0n) is 22.1. The van der Waals surface area contributed by atoms with Crippen molar-refractivity contribution < 1.29 is 27.4 Å². The van der Waals surface area contributed by atoms with Crippen LogP contribution in [0.25, 0.3) is 17.1 Å². The summed E-state index contributed by atoms with van der Waals surface area (Å²) < 4.78 is 51.1. The number of hydrogen-bond donors (Lipinski definition) is 1. The number of pyridine rings is 1. The van der Waals surface area contributed by atoms with Gasteiger partial charge in [0.25, 0.3) is 0 Å². The van der Waals surface area contributed by atoms with E-state index in [0.717, 1.165) is 63.0 Å². The van der Waals surface area contributed by atoms with Crippen molar-refractivity contribution in [1.29, 1.82) is 0 Å². The second-order valence-electron chi connectivity index (χ2n) is 10.6. The van der Waals surface area contributed by atoms with Gasteiger partial charge in [-0.05, 0) is 56.4 Å². The van der Waals surface area contributed by atoms with Gasteiger partial charge in [0.15, 0.2) is 5.82 Å². The highest BCUT2D eigenvalue weighted by Crippen LogP contribution is 2.36. The number of rotatable bonds is 7. The number of hydrogen-bond acceptors (Lipinski definition) is 6. The highest BCUT2D eigenvalue weighted by atomic mass is 19.3. The number of aromatic nitrogens is 3. The Morgan fingerprint density at radius 3 is 2.75 bits per heavy atom. The zero-order valence-corrected chi connectivity index (χ0v) is 22.1. The van der Waals surface area contributed by atoms with Gasteiger partial charge in [0.05, 0.1) is 30.8 Å². The van der Waals surface area contributed by atoms with E-state index < -0.39 is 12.4 Å². The molecule has 8 nitrogen and oxygen atoms in total. The number of halogens is 3. The SMILES string of the molecule is O=C(N[C@@H]1CCC[C@H]1N1CCOCC1)C1CCc2c(-c3cccc(OC(F)F)c3)nn(-c3ccc(F)cn3)c2C1. The Morgan fingerprint density at radius 2 is 1.98 bits per heavy atom. The van der Waals surface area contributed by atoms with Crippen molar-refractivity contribution in [3.05, 3.63) is 59.7 Å². The number of morpholine rings is 1. The molecule has 2 aromatic heterocycles. The van der Waals surface area contributed by atoms with Crippen molar-refractivity contribution in [1.82, 2.24) is 25.0 Å². The van der Waals surface area contributed by atoms with Gasteiger partial charge in [-0.15, -0.1) is 0 Å². The van der Waals surface area contributed by atoms with Crippen molar-refractivity contribution in [2.45, 2.75) is 57.2 Å². The van der Waals surface area contributed by atoms with Crippen molar-refractivity contribution in [3.8, 4) is 22.8 Å². The highest BCUT2D eigenvalue weighted by molar-refractivity contribution is 5.80. The first-order valence-corrected chi connectivity index (χ1v) is 13.9. The molecule has 0 radical (unpaired) electrons. The van der Waals surface area contributed by atoms with Gasteiger partial charge in [-0.3, -0.25) is 9.69 Å². The molecule has 1 unspecified atom stereocenters. The fourth-order valence-electron chi connectivity index (χ4n) is 6.33. The Bertz CT molecular complexity index is 1340. The summed E-state index contributed by atoms with van der Waals surface area (Å²) in [5, 5.41) is 8.14. The van der Waals surface area contributed by atoms with E-state index in [1.807, 2.05) is 0 Å². The highest BCUT2D eigenvalue weighted by Gasteiger charge is 2.37. The average Bonchev–Trinajstić information content (AvgIpc) is 3.58. The standard InChI is InChI=1S/C29H32F3N5O3/c30-20-8-10-26(33-17-20)37-25-16-19(28(38)34-23-5-2-6-24(23)36-11-13-39-14-12-36)7-9-22(25)27(35-37)18-3-1-4-21(15-18)40-29(31)32/h1,3-4,8,10,15,17,19,23-24,29H,2,5-7,9,11-14,16H2,(H,34,38)/t19?,23-,24-/m1/s1.